The Hall–Kier alpha value is -1.39. The average molecular weight is 248 g/mol. The summed E-state index contributed by atoms with van der Waals surface area (Å²) in [5, 5.41) is 12.5. The van der Waals surface area contributed by atoms with E-state index in [9.17, 15) is 9.90 Å². The largest absolute Gasteiger partial charge is 0.395 e. The van der Waals surface area contributed by atoms with Gasteiger partial charge in [0.25, 0.3) is 0 Å². The number of nitrogens with one attached hydrogen (secondary N) is 1. The number of hydrogen-bond acceptors (Lipinski definition) is 4. The lowest BCUT2D eigenvalue weighted by Gasteiger charge is -2.39. The SMILES string of the molecule is CC(=O)c1ccc(N2CC(CO)NCC2C)cc1. The molecule has 0 spiro atoms. The number of Topliss-reactive ketones (excluding diaryl/α,β-unsaturated/α-hetero) is 1. The molecule has 4 heteroatoms. The molecule has 1 heterocycles. The van der Waals surface area contributed by atoms with Crippen LogP contribution in [0.15, 0.2) is 24.3 Å². The van der Waals surface area contributed by atoms with Crippen LogP contribution in [0.5, 0.6) is 0 Å². The van der Waals surface area contributed by atoms with Gasteiger partial charge in [-0.3, -0.25) is 4.79 Å². The monoisotopic (exact) mass is 248 g/mol. The van der Waals surface area contributed by atoms with Crippen LogP contribution in [0.2, 0.25) is 0 Å². The van der Waals surface area contributed by atoms with E-state index in [2.05, 4.69) is 17.1 Å². The maximum atomic E-state index is 11.2. The second-order valence-corrected chi connectivity index (χ2v) is 4.89. The minimum atomic E-state index is 0.0862. The van der Waals surface area contributed by atoms with E-state index in [1.807, 2.05) is 24.3 Å². The average Bonchev–Trinajstić information content (AvgIpc) is 2.39. The van der Waals surface area contributed by atoms with Crippen LogP contribution in [0.25, 0.3) is 0 Å². The number of piperazine rings is 1. The van der Waals surface area contributed by atoms with Gasteiger partial charge < -0.3 is 15.3 Å². The van der Waals surface area contributed by atoms with Crippen molar-refractivity contribution < 1.29 is 9.90 Å². The minimum Gasteiger partial charge on any atom is -0.395 e. The predicted molar refractivity (Wildman–Crippen MR) is 72.1 cm³/mol. The normalized spacial score (nSPS) is 24.1. The Morgan fingerprint density at radius 3 is 2.67 bits per heavy atom. The smallest absolute Gasteiger partial charge is 0.159 e. The zero-order valence-corrected chi connectivity index (χ0v) is 10.9. The highest BCUT2D eigenvalue weighted by molar-refractivity contribution is 5.94. The summed E-state index contributed by atoms with van der Waals surface area (Å²) in [7, 11) is 0. The summed E-state index contributed by atoms with van der Waals surface area (Å²) in [6, 6.07) is 8.19. The number of anilines is 1. The molecule has 0 saturated carbocycles. The van der Waals surface area contributed by atoms with Gasteiger partial charge in [0.1, 0.15) is 0 Å². The van der Waals surface area contributed by atoms with Crippen LogP contribution in [0.3, 0.4) is 0 Å². The first-order valence-corrected chi connectivity index (χ1v) is 6.33. The first-order chi connectivity index (χ1) is 8.61. The molecule has 98 valence electrons. The Morgan fingerprint density at radius 1 is 1.44 bits per heavy atom. The fraction of sp³-hybridized carbons (Fsp3) is 0.500. The van der Waals surface area contributed by atoms with Crippen LogP contribution < -0.4 is 10.2 Å². The van der Waals surface area contributed by atoms with Crippen molar-refractivity contribution in [2.24, 2.45) is 0 Å². The number of aliphatic hydroxyl groups is 1. The third kappa shape index (κ3) is 2.71. The number of aliphatic hydroxyl groups excluding tert-OH is 1. The molecule has 2 rings (SSSR count). The van der Waals surface area contributed by atoms with Gasteiger partial charge in [-0.05, 0) is 38.1 Å². The highest BCUT2D eigenvalue weighted by Gasteiger charge is 2.24. The molecule has 2 N–H and O–H groups in total. The van der Waals surface area contributed by atoms with Crippen molar-refractivity contribution in [2.45, 2.75) is 25.9 Å². The van der Waals surface area contributed by atoms with Crippen LogP contribution in [-0.2, 0) is 0 Å². The van der Waals surface area contributed by atoms with Crippen molar-refractivity contribution in [3.8, 4) is 0 Å². The fourth-order valence-corrected chi connectivity index (χ4v) is 2.30. The van der Waals surface area contributed by atoms with Crippen molar-refractivity contribution >= 4 is 11.5 Å². The van der Waals surface area contributed by atoms with E-state index >= 15 is 0 Å². The number of carbonyl (C=O) groups excluding carboxylic acids is 1. The summed E-state index contributed by atoms with van der Waals surface area (Å²) >= 11 is 0. The fourth-order valence-electron chi connectivity index (χ4n) is 2.30. The summed E-state index contributed by atoms with van der Waals surface area (Å²) < 4.78 is 0. The Labute approximate surface area is 108 Å². The molecule has 0 bridgehead atoms. The van der Waals surface area contributed by atoms with Gasteiger partial charge in [0.05, 0.1) is 6.61 Å². The molecule has 1 saturated heterocycles. The first-order valence-electron chi connectivity index (χ1n) is 6.33. The van der Waals surface area contributed by atoms with Gasteiger partial charge in [0.2, 0.25) is 0 Å². The van der Waals surface area contributed by atoms with Crippen molar-refractivity contribution in [1.29, 1.82) is 0 Å². The molecule has 18 heavy (non-hydrogen) atoms. The lowest BCUT2D eigenvalue weighted by atomic mass is 10.1. The third-order valence-corrected chi connectivity index (χ3v) is 3.48. The lowest BCUT2D eigenvalue weighted by molar-refractivity contribution is 0.101. The Morgan fingerprint density at radius 2 is 2.11 bits per heavy atom. The van der Waals surface area contributed by atoms with Gasteiger partial charge in [0, 0.05) is 36.4 Å². The van der Waals surface area contributed by atoms with E-state index in [0.717, 1.165) is 24.3 Å². The van der Waals surface area contributed by atoms with Crippen LogP contribution in [0.1, 0.15) is 24.2 Å². The molecule has 1 aliphatic rings. The van der Waals surface area contributed by atoms with Gasteiger partial charge in [-0.1, -0.05) is 0 Å². The molecule has 1 aromatic carbocycles. The number of ketones is 1. The molecule has 0 amide bonds. The maximum Gasteiger partial charge on any atom is 0.159 e. The van der Waals surface area contributed by atoms with E-state index in [1.165, 1.54) is 0 Å². The molecule has 1 fully saturated rings. The highest BCUT2D eigenvalue weighted by atomic mass is 16.3. The topological polar surface area (TPSA) is 52.6 Å². The summed E-state index contributed by atoms with van der Waals surface area (Å²) in [6.45, 7) is 5.52. The summed E-state index contributed by atoms with van der Waals surface area (Å²) in [5.74, 6) is 0.0862. The van der Waals surface area contributed by atoms with Crippen molar-refractivity contribution in [3.63, 3.8) is 0 Å². The number of nitrogens with zero attached hydrogens (tertiary/aromatic N) is 1. The number of rotatable bonds is 3. The quantitative estimate of drug-likeness (QED) is 0.785. The summed E-state index contributed by atoms with van der Waals surface area (Å²) in [4.78, 5) is 13.5. The second-order valence-electron chi connectivity index (χ2n) is 4.89. The predicted octanol–water partition coefficient (Wildman–Crippen LogP) is 1.05. The Kier molecular flexibility index (Phi) is 3.99. The molecular formula is C14H20N2O2. The van der Waals surface area contributed by atoms with Crippen LogP contribution in [0, 0.1) is 0 Å². The van der Waals surface area contributed by atoms with Gasteiger partial charge in [-0.2, -0.15) is 0 Å². The van der Waals surface area contributed by atoms with Gasteiger partial charge in [-0.25, -0.2) is 0 Å². The molecule has 1 aliphatic heterocycles. The van der Waals surface area contributed by atoms with Crippen molar-refractivity contribution in [2.75, 3.05) is 24.6 Å². The summed E-state index contributed by atoms with van der Waals surface area (Å²) in [5.41, 5.74) is 1.84. The summed E-state index contributed by atoms with van der Waals surface area (Å²) in [6.07, 6.45) is 0. The minimum absolute atomic E-state index is 0.0862. The second kappa shape index (κ2) is 5.50. The van der Waals surface area contributed by atoms with Crippen molar-refractivity contribution in [3.05, 3.63) is 29.8 Å². The van der Waals surface area contributed by atoms with Crippen LogP contribution >= 0.6 is 0 Å². The van der Waals surface area contributed by atoms with E-state index in [-0.39, 0.29) is 18.4 Å². The van der Waals surface area contributed by atoms with Gasteiger partial charge in [0.15, 0.2) is 5.78 Å². The van der Waals surface area contributed by atoms with E-state index < -0.39 is 0 Å². The third-order valence-electron chi connectivity index (χ3n) is 3.48. The molecular weight excluding hydrogens is 228 g/mol. The molecule has 2 atom stereocenters. The molecule has 0 aliphatic carbocycles. The van der Waals surface area contributed by atoms with E-state index in [4.69, 9.17) is 0 Å². The van der Waals surface area contributed by atoms with Gasteiger partial charge in [-0.15, -0.1) is 0 Å². The number of carbonyl (C=O) groups is 1. The van der Waals surface area contributed by atoms with E-state index in [1.54, 1.807) is 6.92 Å². The van der Waals surface area contributed by atoms with E-state index in [0.29, 0.717) is 6.04 Å². The van der Waals surface area contributed by atoms with Crippen LogP contribution in [-0.4, -0.2) is 42.7 Å². The Balaban J connectivity index is 2.16. The molecule has 2 unspecified atom stereocenters. The molecule has 0 aromatic heterocycles. The number of benzene rings is 1. The highest BCUT2D eigenvalue weighted by Crippen LogP contribution is 2.20. The molecule has 1 aromatic rings. The maximum absolute atomic E-state index is 11.2. The zero-order chi connectivity index (χ0) is 13.1. The number of hydrogen-bond donors (Lipinski definition) is 2. The standard InChI is InChI=1S/C14H20N2O2/c1-10-7-15-13(9-17)8-16(10)14-5-3-12(4-6-14)11(2)18/h3-6,10,13,15,17H,7-9H2,1-2H3. The molecule has 0 radical (unpaired) electrons. The zero-order valence-electron chi connectivity index (χ0n) is 10.9. The van der Waals surface area contributed by atoms with Crippen LogP contribution in [0.4, 0.5) is 5.69 Å². The lowest BCUT2D eigenvalue weighted by Crippen LogP contribution is -2.56. The van der Waals surface area contributed by atoms with Crippen molar-refractivity contribution in [1.82, 2.24) is 5.32 Å². The first kappa shape index (κ1) is 13.1. The Bertz CT molecular complexity index is 416. The van der Waals surface area contributed by atoms with Gasteiger partial charge >= 0.3 is 0 Å². The molecule has 4 nitrogen and oxygen atoms in total.